The highest BCUT2D eigenvalue weighted by atomic mass is 16.5. The summed E-state index contributed by atoms with van der Waals surface area (Å²) in [6, 6.07) is 16.5. The molecule has 0 fully saturated rings. The van der Waals surface area contributed by atoms with Crippen molar-refractivity contribution >= 4 is 23.7 Å². The van der Waals surface area contributed by atoms with Gasteiger partial charge in [0.1, 0.15) is 12.6 Å². The smallest absolute Gasteiger partial charge is 0.407 e. The number of carboxylic acids is 1. The Balaban J connectivity index is 1.45. The topological polar surface area (TPSA) is 118 Å². The minimum absolute atomic E-state index is 0.0559. The molecular weight excluding hydrogens is 446 g/mol. The van der Waals surface area contributed by atoms with Gasteiger partial charge >= 0.3 is 12.1 Å². The van der Waals surface area contributed by atoms with Crippen molar-refractivity contribution in [1.29, 1.82) is 0 Å². The SMILES string of the molecule is CC(C)(C)C(NC(=O)OCC1c2ccccc2-c2ccccc21)C(=O)Nc1cncc(C(=O)O)c1. The van der Waals surface area contributed by atoms with E-state index in [9.17, 15) is 14.4 Å². The number of pyridine rings is 1. The first-order valence-electron chi connectivity index (χ1n) is 11.3. The van der Waals surface area contributed by atoms with Crippen LogP contribution in [0.25, 0.3) is 11.1 Å². The normalized spacial score (nSPS) is 13.3. The number of nitrogens with zero attached hydrogens (tertiary/aromatic N) is 1. The van der Waals surface area contributed by atoms with E-state index in [1.54, 1.807) is 0 Å². The number of rotatable bonds is 6. The number of carbonyl (C=O) groups is 3. The monoisotopic (exact) mass is 473 g/mol. The lowest BCUT2D eigenvalue weighted by Crippen LogP contribution is -2.51. The first-order valence-corrected chi connectivity index (χ1v) is 11.3. The van der Waals surface area contributed by atoms with Gasteiger partial charge < -0.3 is 20.5 Å². The minimum Gasteiger partial charge on any atom is -0.478 e. The molecule has 3 aromatic rings. The van der Waals surface area contributed by atoms with Crippen LogP contribution in [0, 0.1) is 5.41 Å². The van der Waals surface area contributed by atoms with Gasteiger partial charge in [0.15, 0.2) is 0 Å². The van der Waals surface area contributed by atoms with Gasteiger partial charge in [0.25, 0.3) is 0 Å². The first-order chi connectivity index (χ1) is 16.6. The summed E-state index contributed by atoms with van der Waals surface area (Å²) in [6.45, 7) is 5.57. The Morgan fingerprint density at radius 1 is 1.00 bits per heavy atom. The second-order valence-electron chi connectivity index (χ2n) is 9.53. The number of fused-ring (bicyclic) bond motifs is 3. The minimum atomic E-state index is -1.15. The number of anilines is 1. The average Bonchev–Trinajstić information content (AvgIpc) is 3.14. The van der Waals surface area contributed by atoms with Crippen molar-refractivity contribution in [1.82, 2.24) is 10.3 Å². The number of ether oxygens (including phenoxy) is 1. The zero-order chi connectivity index (χ0) is 25.2. The maximum atomic E-state index is 13.0. The summed E-state index contributed by atoms with van der Waals surface area (Å²) >= 11 is 0. The summed E-state index contributed by atoms with van der Waals surface area (Å²) in [7, 11) is 0. The van der Waals surface area contributed by atoms with E-state index in [-0.39, 0.29) is 23.8 Å². The van der Waals surface area contributed by atoms with Crippen LogP contribution in [0.3, 0.4) is 0 Å². The van der Waals surface area contributed by atoms with Crippen LogP contribution in [-0.4, -0.2) is 40.7 Å². The summed E-state index contributed by atoms with van der Waals surface area (Å²) in [5.41, 5.74) is 3.96. The molecule has 0 saturated heterocycles. The number of hydrogen-bond donors (Lipinski definition) is 3. The van der Waals surface area contributed by atoms with E-state index < -0.39 is 29.4 Å². The molecule has 1 heterocycles. The highest BCUT2D eigenvalue weighted by Crippen LogP contribution is 2.44. The fourth-order valence-corrected chi connectivity index (χ4v) is 4.27. The third-order valence-corrected chi connectivity index (χ3v) is 5.99. The van der Waals surface area contributed by atoms with Crippen molar-refractivity contribution in [2.75, 3.05) is 11.9 Å². The number of carbonyl (C=O) groups excluding carboxylic acids is 2. The number of alkyl carbamates (subject to hydrolysis) is 1. The number of amides is 2. The van der Waals surface area contributed by atoms with E-state index in [0.29, 0.717) is 0 Å². The predicted octanol–water partition coefficient (Wildman–Crippen LogP) is 4.67. The Bertz CT molecular complexity index is 1240. The van der Waals surface area contributed by atoms with Gasteiger partial charge in [-0.25, -0.2) is 9.59 Å². The van der Waals surface area contributed by atoms with Crippen LogP contribution in [0.4, 0.5) is 10.5 Å². The zero-order valence-corrected chi connectivity index (χ0v) is 19.7. The third-order valence-electron chi connectivity index (χ3n) is 5.99. The van der Waals surface area contributed by atoms with E-state index in [1.807, 2.05) is 57.2 Å². The number of nitrogens with one attached hydrogen (secondary N) is 2. The second kappa shape index (κ2) is 9.58. The molecule has 4 rings (SSSR count). The number of aromatic carboxylic acids is 1. The summed E-state index contributed by atoms with van der Waals surface area (Å²) in [6.07, 6.45) is 1.82. The molecule has 1 aromatic heterocycles. The maximum Gasteiger partial charge on any atom is 0.407 e. The predicted molar refractivity (Wildman–Crippen MR) is 131 cm³/mol. The summed E-state index contributed by atoms with van der Waals surface area (Å²) in [4.78, 5) is 40.8. The molecule has 0 aliphatic heterocycles. The van der Waals surface area contributed by atoms with Gasteiger partial charge in [-0.3, -0.25) is 9.78 Å². The van der Waals surface area contributed by atoms with Crippen molar-refractivity contribution in [3.8, 4) is 11.1 Å². The fourth-order valence-electron chi connectivity index (χ4n) is 4.27. The van der Waals surface area contributed by atoms with Crippen molar-refractivity contribution in [3.05, 3.63) is 83.7 Å². The average molecular weight is 474 g/mol. The molecule has 0 radical (unpaired) electrons. The van der Waals surface area contributed by atoms with Gasteiger partial charge in [0.05, 0.1) is 17.4 Å². The van der Waals surface area contributed by atoms with Gasteiger partial charge in [-0.15, -0.1) is 0 Å². The zero-order valence-electron chi connectivity index (χ0n) is 19.7. The Morgan fingerprint density at radius 3 is 2.17 bits per heavy atom. The molecule has 2 amide bonds. The quantitative estimate of drug-likeness (QED) is 0.479. The van der Waals surface area contributed by atoms with E-state index in [1.165, 1.54) is 18.5 Å². The molecule has 8 nitrogen and oxygen atoms in total. The van der Waals surface area contributed by atoms with Crippen LogP contribution in [-0.2, 0) is 9.53 Å². The van der Waals surface area contributed by atoms with Crippen molar-refractivity contribution in [2.24, 2.45) is 5.41 Å². The highest BCUT2D eigenvalue weighted by Gasteiger charge is 2.34. The standard InChI is InChI=1S/C27H27N3O5/c1-27(2,3)23(24(31)29-17-12-16(25(32)33)13-28-14-17)30-26(34)35-15-22-20-10-6-4-8-18(20)19-9-5-7-11-21(19)22/h4-14,22-23H,15H2,1-3H3,(H,29,31)(H,30,34)(H,32,33). The molecule has 1 atom stereocenters. The molecule has 180 valence electrons. The van der Waals surface area contributed by atoms with E-state index in [2.05, 4.69) is 27.8 Å². The summed E-state index contributed by atoms with van der Waals surface area (Å²) in [5, 5.41) is 14.5. The van der Waals surface area contributed by atoms with Gasteiger partial charge in [0.2, 0.25) is 5.91 Å². The molecule has 0 bridgehead atoms. The van der Waals surface area contributed by atoms with E-state index in [0.717, 1.165) is 22.3 Å². The Hall–Kier alpha value is -4.20. The molecule has 3 N–H and O–H groups in total. The third kappa shape index (κ3) is 5.16. The number of carboxylic acid groups (broad SMARTS) is 1. The lowest BCUT2D eigenvalue weighted by Gasteiger charge is -2.30. The number of hydrogen-bond acceptors (Lipinski definition) is 5. The van der Waals surface area contributed by atoms with E-state index in [4.69, 9.17) is 9.84 Å². The molecule has 1 aliphatic rings. The molecule has 8 heteroatoms. The van der Waals surface area contributed by atoms with Crippen LogP contribution in [0.2, 0.25) is 0 Å². The summed E-state index contributed by atoms with van der Waals surface area (Å²) < 4.78 is 5.60. The molecule has 0 saturated carbocycles. The van der Waals surface area contributed by atoms with Gasteiger partial charge in [-0.2, -0.15) is 0 Å². The van der Waals surface area contributed by atoms with Crippen LogP contribution < -0.4 is 10.6 Å². The second-order valence-corrected chi connectivity index (χ2v) is 9.53. The van der Waals surface area contributed by atoms with Crippen LogP contribution in [0.1, 0.15) is 48.2 Å². The molecule has 35 heavy (non-hydrogen) atoms. The number of benzene rings is 2. The van der Waals surface area contributed by atoms with Crippen molar-refractivity contribution < 1.29 is 24.2 Å². The molecule has 2 aromatic carbocycles. The maximum absolute atomic E-state index is 13.0. The summed E-state index contributed by atoms with van der Waals surface area (Å²) in [5.74, 6) is -1.76. The highest BCUT2D eigenvalue weighted by molar-refractivity contribution is 5.98. The molecule has 0 spiro atoms. The lowest BCUT2D eigenvalue weighted by atomic mass is 9.86. The lowest BCUT2D eigenvalue weighted by molar-refractivity contribution is -0.120. The number of aromatic nitrogens is 1. The van der Waals surface area contributed by atoms with E-state index >= 15 is 0 Å². The van der Waals surface area contributed by atoms with Crippen molar-refractivity contribution in [3.63, 3.8) is 0 Å². The molecule has 1 aliphatic carbocycles. The van der Waals surface area contributed by atoms with Crippen LogP contribution in [0.15, 0.2) is 67.0 Å². The molecule has 1 unspecified atom stereocenters. The Kier molecular flexibility index (Phi) is 6.55. The van der Waals surface area contributed by atoms with Crippen LogP contribution in [0.5, 0.6) is 0 Å². The molecular formula is C27H27N3O5. The first kappa shape index (κ1) is 23.9. The van der Waals surface area contributed by atoms with Gasteiger partial charge in [0, 0.05) is 12.1 Å². The van der Waals surface area contributed by atoms with Gasteiger partial charge in [-0.05, 0) is 33.7 Å². The van der Waals surface area contributed by atoms with Gasteiger partial charge in [-0.1, -0.05) is 69.3 Å². The Morgan fingerprint density at radius 2 is 1.60 bits per heavy atom. The van der Waals surface area contributed by atoms with Crippen LogP contribution >= 0.6 is 0 Å². The van der Waals surface area contributed by atoms with Crippen molar-refractivity contribution in [2.45, 2.75) is 32.7 Å². The largest absolute Gasteiger partial charge is 0.478 e. The Labute approximate surface area is 203 Å². The fraction of sp³-hybridized carbons (Fsp3) is 0.259.